The predicted molar refractivity (Wildman–Crippen MR) is 123 cm³/mol. The van der Waals surface area contributed by atoms with E-state index in [4.69, 9.17) is 17.0 Å². The van der Waals surface area contributed by atoms with Crippen LogP contribution in [0, 0.1) is 13.8 Å². The number of hydrogen-bond donors (Lipinski definition) is 2. The van der Waals surface area contributed by atoms with Crippen LogP contribution in [0.1, 0.15) is 29.5 Å². The lowest BCUT2D eigenvalue weighted by molar-refractivity contribution is 0.113. The Morgan fingerprint density at radius 2 is 2.03 bits per heavy atom. The second-order valence-electron chi connectivity index (χ2n) is 8.16. The first-order valence-electron chi connectivity index (χ1n) is 10.3. The average molecular weight is 417 g/mol. The van der Waals surface area contributed by atoms with Gasteiger partial charge in [-0.25, -0.2) is 0 Å². The molecule has 0 spiro atoms. The summed E-state index contributed by atoms with van der Waals surface area (Å²) in [6.45, 7) is 7.70. The van der Waals surface area contributed by atoms with Crippen LogP contribution in [0.4, 0.5) is 0 Å². The van der Waals surface area contributed by atoms with Crippen molar-refractivity contribution in [1.29, 1.82) is 0 Å². The number of nitrogens with one attached hydrogen (secondary N) is 2. The molecule has 1 saturated heterocycles. The molecule has 1 fully saturated rings. The Morgan fingerprint density at radius 3 is 2.72 bits per heavy atom. The topological polar surface area (TPSA) is 60.6 Å². The van der Waals surface area contributed by atoms with Crippen LogP contribution in [0.5, 0.6) is 0 Å². The third-order valence-electron chi connectivity index (χ3n) is 5.49. The summed E-state index contributed by atoms with van der Waals surface area (Å²) in [6, 6.07) is 6.15. The van der Waals surface area contributed by atoms with E-state index in [1.165, 1.54) is 0 Å². The standard InChI is InChI=1S/C22H32N4O2S/c1-15-7-8-16(2)20-19(15)12-17(21(27)24-20)14-26(10-9-25(3)4)22(29)23-13-18-6-5-11-28-18/h7-8,12,18H,5-6,9-11,13-14H2,1-4H3,(H,23,29)(H,24,27). The van der Waals surface area contributed by atoms with Gasteiger partial charge in [0.1, 0.15) is 0 Å². The number of thiocarbonyl (C=S) groups is 1. The molecule has 2 heterocycles. The maximum atomic E-state index is 12.8. The molecule has 2 aromatic rings. The smallest absolute Gasteiger partial charge is 0.253 e. The fourth-order valence-corrected chi connectivity index (χ4v) is 3.87. The number of aromatic nitrogens is 1. The molecule has 2 N–H and O–H groups in total. The van der Waals surface area contributed by atoms with Gasteiger partial charge in [0.25, 0.3) is 5.56 Å². The lowest BCUT2D eigenvalue weighted by atomic mass is 10.0. The fraction of sp³-hybridized carbons (Fsp3) is 0.545. The molecule has 1 aromatic carbocycles. The Hall–Kier alpha value is -1.96. The Morgan fingerprint density at radius 1 is 1.28 bits per heavy atom. The van der Waals surface area contributed by atoms with Gasteiger partial charge >= 0.3 is 0 Å². The van der Waals surface area contributed by atoms with Crippen molar-refractivity contribution in [2.75, 3.05) is 40.3 Å². The summed E-state index contributed by atoms with van der Waals surface area (Å²) >= 11 is 5.68. The van der Waals surface area contributed by atoms with Gasteiger partial charge in [-0.05, 0) is 70.2 Å². The minimum absolute atomic E-state index is 0.0528. The third-order valence-corrected chi connectivity index (χ3v) is 5.89. The van der Waals surface area contributed by atoms with Gasteiger partial charge in [0.15, 0.2) is 5.11 Å². The van der Waals surface area contributed by atoms with Crippen LogP contribution in [0.3, 0.4) is 0 Å². The molecule has 3 rings (SSSR count). The van der Waals surface area contributed by atoms with Crippen LogP contribution >= 0.6 is 12.2 Å². The van der Waals surface area contributed by atoms with Gasteiger partial charge in [-0.3, -0.25) is 4.79 Å². The van der Waals surface area contributed by atoms with Crippen molar-refractivity contribution in [3.05, 3.63) is 45.2 Å². The maximum Gasteiger partial charge on any atom is 0.253 e. The lowest BCUT2D eigenvalue weighted by Crippen LogP contribution is -2.45. The number of H-pyrrole nitrogens is 1. The normalized spacial score (nSPS) is 16.5. The summed E-state index contributed by atoms with van der Waals surface area (Å²) in [5.74, 6) is 0. The fourth-order valence-electron chi connectivity index (χ4n) is 3.63. The first-order chi connectivity index (χ1) is 13.8. The monoisotopic (exact) mass is 416 g/mol. The van der Waals surface area contributed by atoms with Crippen molar-refractivity contribution >= 4 is 28.2 Å². The number of aromatic amines is 1. The molecule has 1 aromatic heterocycles. The zero-order valence-electron chi connectivity index (χ0n) is 17.9. The summed E-state index contributed by atoms with van der Waals surface area (Å²) in [4.78, 5) is 20.1. The summed E-state index contributed by atoms with van der Waals surface area (Å²) in [5, 5.41) is 5.10. The number of likely N-dealkylation sites (N-methyl/N-ethyl adjacent to an activating group) is 1. The van der Waals surface area contributed by atoms with E-state index in [-0.39, 0.29) is 11.7 Å². The van der Waals surface area contributed by atoms with Crippen LogP contribution < -0.4 is 10.9 Å². The van der Waals surface area contributed by atoms with Crippen molar-refractivity contribution in [2.45, 2.75) is 39.3 Å². The second kappa shape index (κ2) is 9.69. The van der Waals surface area contributed by atoms with Crippen molar-refractivity contribution in [3.8, 4) is 0 Å². The number of fused-ring (bicyclic) bond motifs is 1. The van der Waals surface area contributed by atoms with Crippen LogP contribution in [0.25, 0.3) is 10.9 Å². The Bertz CT molecular complexity index is 919. The highest BCUT2D eigenvalue weighted by atomic mass is 32.1. The summed E-state index contributed by atoms with van der Waals surface area (Å²) in [5.41, 5.74) is 3.82. The van der Waals surface area contributed by atoms with Gasteiger partial charge in [0, 0.05) is 37.2 Å². The highest BCUT2D eigenvalue weighted by Crippen LogP contribution is 2.20. The molecule has 1 unspecified atom stereocenters. The van der Waals surface area contributed by atoms with Gasteiger partial charge in [0.05, 0.1) is 18.2 Å². The van der Waals surface area contributed by atoms with Gasteiger partial charge in [-0.1, -0.05) is 12.1 Å². The number of nitrogens with zero attached hydrogens (tertiary/aromatic N) is 2. The number of hydrogen-bond acceptors (Lipinski definition) is 4. The molecule has 1 aliphatic heterocycles. The Labute approximate surface area is 178 Å². The lowest BCUT2D eigenvalue weighted by Gasteiger charge is -2.28. The average Bonchev–Trinajstić information content (AvgIpc) is 3.20. The molecule has 29 heavy (non-hydrogen) atoms. The minimum atomic E-state index is -0.0528. The van der Waals surface area contributed by atoms with Crippen LogP contribution in [-0.4, -0.2) is 66.3 Å². The number of pyridine rings is 1. The van der Waals surface area contributed by atoms with E-state index in [9.17, 15) is 4.79 Å². The zero-order valence-corrected chi connectivity index (χ0v) is 18.7. The number of rotatable bonds is 7. The molecule has 158 valence electrons. The number of aryl methyl sites for hydroxylation is 2. The second-order valence-corrected chi connectivity index (χ2v) is 8.54. The molecular weight excluding hydrogens is 384 g/mol. The number of benzene rings is 1. The first kappa shape index (κ1) is 21.7. The third kappa shape index (κ3) is 5.56. The van der Waals surface area contributed by atoms with Crippen LogP contribution in [0.2, 0.25) is 0 Å². The van der Waals surface area contributed by atoms with Crippen molar-refractivity contribution < 1.29 is 4.74 Å². The van der Waals surface area contributed by atoms with Gasteiger partial charge in [-0.15, -0.1) is 0 Å². The molecule has 1 atom stereocenters. The largest absolute Gasteiger partial charge is 0.376 e. The molecule has 0 saturated carbocycles. The maximum absolute atomic E-state index is 12.8. The predicted octanol–water partition coefficient (Wildman–Crippen LogP) is 2.56. The summed E-state index contributed by atoms with van der Waals surface area (Å²) in [6.07, 6.45) is 2.39. The van der Waals surface area contributed by atoms with E-state index in [0.717, 1.165) is 60.1 Å². The molecule has 0 amide bonds. The van der Waals surface area contributed by atoms with E-state index in [2.05, 4.69) is 33.1 Å². The summed E-state index contributed by atoms with van der Waals surface area (Å²) < 4.78 is 5.69. The Balaban J connectivity index is 1.80. The molecular formula is C22H32N4O2S. The molecule has 7 heteroatoms. The van der Waals surface area contributed by atoms with Gasteiger partial charge < -0.3 is 24.8 Å². The molecule has 1 aliphatic rings. The first-order valence-corrected chi connectivity index (χ1v) is 10.7. The summed E-state index contributed by atoms with van der Waals surface area (Å²) in [7, 11) is 4.08. The molecule has 0 aliphatic carbocycles. The molecule has 6 nitrogen and oxygen atoms in total. The van der Waals surface area contributed by atoms with E-state index in [1.807, 2.05) is 33.2 Å². The SMILES string of the molecule is Cc1ccc(C)c2[nH]c(=O)c(CN(CCN(C)C)C(=S)NCC3CCCO3)cc12. The van der Waals surface area contributed by atoms with Crippen molar-refractivity contribution in [3.63, 3.8) is 0 Å². The minimum Gasteiger partial charge on any atom is -0.376 e. The van der Waals surface area contributed by atoms with Crippen molar-refractivity contribution in [1.82, 2.24) is 20.1 Å². The van der Waals surface area contributed by atoms with Gasteiger partial charge in [-0.2, -0.15) is 0 Å². The highest BCUT2D eigenvalue weighted by molar-refractivity contribution is 7.80. The van der Waals surface area contributed by atoms with E-state index in [1.54, 1.807) is 0 Å². The van der Waals surface area contributed by atoms with Gasteiger partial charge in [0.2, 0.25) is 0 Å². The molecule has 0 radical (unpaired) electrons. The van der Waals surface area contributed by atoms with Crippen molar-refractivity contribution in [2.24, 2.45) is 0 Å². The van der Waals surface area contributed by atoms with E-state index in [0.29, 0.717) is 18.2 Å². The Kier molecular flexibility index (Phi) is 7.27. The van der Waals surface area contributed by atoms with E-state index < -0.39 is 0 Å². The van der Waals surface area contributed by atoms with Crippen LogP contribution in [-0.2, 0) is 11.3 Å². The quantitative estimate of drug-likeness (QED) is 0.677. The van der Waals surface area contributed by atoms with Crippen LogP contribution in [0.15, 0.2) is 23.0 Å². The molecule has 0 bridgehead atoms. The number of ether oxygens (including phenoxy) is 1. The highest BCUT2D eigenvalue weighted by Gasteiger charge is 2.18. The van der Waals surface area contributed by atoms with E-state index >= 15 is 0 Å². The zero-order chi connectivity index (χ0) is 21.0.